The van der Waals surface area contributed by atoms with E-state index in [1.54, 1.807) is 0 Å². The number of fused-ring (bicyclic) bond motifs is 7. The van der Waals surface area contributed by atoms with Crippen molar-refractivity contribution in [1.29, 1.82) is 0 Å². The Bertz CT molecular complexity index is 1730. The van der Waals surface area contributed by atoms with Crippen LogP contribution in [0.1, 0.15) is 106 Å². The molecule has 0 amide bonds. The van der Waals surface area contributed by atoms with Crippen molar-refractivity contribution in [2.75, 3.05) is 0 Å². The lowest BCUT2D eigenvalue weighted by molar-refractivity contribution is -0.371. The molecule has 4 saturated carbocycles. The number of carboxylic acids is 3. The quantitative estimate of drug-likeness (QED) is 0.171. The van der Waals surface area contributed by atoms with Crippen LogP contribution in [0.25, 0.3) is 0 Å². The van der Waals surface area contributed by atoms with Crippen molar-refractivity contribution in [2.24, 2.45) is 50.2 Å². The molecule has 0 aromatic rings. The number of ketones is 1. The predicted octanol–water partition coefficient (Wildman–Crippen LogP) is 2.25. The van der Waals surface area contributed by atoms with Crippen LogP contribution in [0.5, 0.6) is 0 Å². The van der Waals surface area contributed by atoms with Crippen LogP contribution in [0.3, 0.4) is 0 Å². The number of allylic oxidation sites excluding steroid dienone is 2. The molecule has 6 fully saturated rings. The molecule has 2 aliphatic heterocycles. The van der Waals surface area contributed by atoms with Crippen LogP contribution in [0.15, 0.2) is 11.6 Å². The van der Waals surface area contributed by atoms with Gasteiger partial charge in [0, 0.05) is 5.92 Å². The summed E-state index contributed by atoms with van der Waals surface area (Å²) in [6.07, 6.45) is -12.2. The molecule has 8 N–H and O–H groups in total. The van der Waals surface area contributed by atoms with E-state index in [4.69, 9.17) is 18.9 Å². The molecule has 58 heavy (non-hydrogen) atoms. The summed E-state index contributed by atoms with van der Waals surface area (Å²) in [6.45, 7) is 14.8. The first-order valence-electron chi connectivity index (χ1n) is 20.7. The molecule has 0 aromatic heterocycles. The lowest BCUT2D eigenvalue weighted by atomic mass is 9.33. The molecular weight excluding hydrogens is 760 g/mol. The van der Waals surface area contributed by atoms with Gasteiger partial charge in [-0.2, -0.15) is 0 Å². The molecule has 0 bridgehead atoms. The number of aliphatic hydroxyl groups excluding tert-OH is 5. The summed E-state index contributed by atoms with van der Waals surface area (Å²) in [7, 11) is 0. The van der Waals surface area contributed by atoms with Crippen molar-refractivity contribution in [3.63, 3.8) is 0 Å². The Labute approximate surface area is 337 Å². The van der Waals surface area contributed by atoms with Crippen LogP contribution in [0.4, 0.5) is 0 Å². The Morgan fingerprint density at radius 2 is 1.28 bits per heavy atom. The summed E-state index contributed by atoms with van der Waals surface area (Å²) in [5.41, 5.74) is -1.81. The summed E-state index contributed by atoms with van der Waals surface area (Å²) >= 11 is 0. The fourth-order valence-corrected chi connectivity index (χ4v) is 13.4. The van der Waals surface area contributed by atoms with Crippen LogP contribution in [0.2, 0.25) is 0 Å². The third kappa shape index (κ3) is 6.25. The number of carbonyl (C=O) groups excluding carboxylic acids is 1. The van der Waals surface area contributed by atoms with Crippen molar-refractivity contribution in [3.8, 4) is 0 Å². The van der Waals surface area contributed by atoms with Crippen LogP contribution in [0, 0.1) is 50.2 Å². The second-order valence-corrected chi connectivity index (χ2v) is 20.6. The van der Waals surface area contributed by atoms with E-state index in [0.717, 1.165) is 37.7 Å². The molecule has 16 heteroatoms. The molecule has 2 heterocycles. The van der Waals surface area contributed by atoms with Gasteiger partial charge in [0.1, 0.15) is 36.6 Å². The molecule has 0 radical (unpaired) electrons. The second kappa shape index (κ2) is 14.3. The highest BCUT2D eigenvalue weighted by Gasteiger charge is 2.71. The van der Waals surface area contributed by atoms with Gasteiger partial charge >= 0.3 is 17.9 Å². The van der Waals surface area contributed by atoms with Gasteiger partial charge in [-0.05, 0) is 110 Å². The van der Waals surface area contributed by atoms with Gasteiger partial charge in [0.05, 0.1) is 11.5 Å². The minimum atomic E-state index is -2.05. The van der Waals surface area contributed by atoms with E-state index in [1.165, 1.54) is 0 Å². The van der Waals surface area contributed by atoms with E-state index < -0.39 is 107 Å². The number of hydrogen-bond donors (Lipinski definition) is 8. The maximum Gasteiger partial charge on any atom is 0.335 e. The maximum atomic E-state index is 14.8. The molecule has 19 atom stereocenters. The monoisotopic (exact) mass is 822 g/mol. The van der Waals surface area contributed by atoms with Gasteiger partial charge in [-0.25, -0.2) is 9.59 Å². The Morgan fingerprint density at radius 1 is 0.690 bits per heavy atom. The Kier molecular flexibility index (Phi) is 10.7. The van der Waals surface area contributed by atoms with Crippen molar-refractivity contribution in [3.05, 3.63) is 11.6 Å². The van der Waals surface area contributed by atoms with E-state index in [2.05, 4.69) is 27.7 Å². The summed E-state index contributed by atoms with van der Waals surface area (Å²) in [5.74, 6) is -4.47. The highest BCUT2D eigenvalue weighted by Crippen LogP contribution is 2.75. The Hall–Kier alpha value is -2.54. The third-order valence-corrected chi connectivity index (χ3v) is 17.2. The summed E-state index contributed by atoms with van der Waals surface area (Å²) in [5, 5.41) is 83.0. The van der Waals surface area contributed by atoms with Gasteiger partial charge in [-0.1, -0.05) is 47.1 Å². The number of aliphatic hydroxyl groups is 5. The average molecular weight is 823 g/mol. The highest BCUT2D eigenvalue weighted by atomic mass is 16.8. The van der Waals surface area contributed by atoms with E-state index >= 15 is 0 Å². The van der Waals surface area contributed by atoms with Crippen molar-refractivity contribution in [1.82, 2.24) is 0 Å². The molecule has 7 rings (SSSR count). The van der Waals surface area contributed by atoms with Crippen molar-refractivity contribution < 1.29 is 79.0 Å². The fraction of sp³-hybridized carbons (Fsp3) is 0.857. The number of carbonyl (C=O) groups is 4. The SMILES string of the molecule is CC1(C)[C@H](O[C@H]2O[C@H](C(=O)O)[C@@H](O)[C@H](O)[C@H]2O[C@@H]2O[C@H](C(=O)O)[C@@H](O)[C@H](O)[C@H]2O)CC[C@@]2(C)[C@H]1CC[C@]1(C)[C@H]2C(=O)C=C2[C@H]3C[C@@](C)(C(=O)O)CC[C@]3(C)CC[C@]21C. The van der Waals surface area contributed by atoms with Gasteiger partial charge in [-0.3, -0.25) is 9.59 Å². The average Bonchev–Trinajstić information content (AvgIpc) is 3.13. The molecule has 2 saturated heterocycles. The van der Waals surface area contributed by atoms with E-state index in [1.807, 2.05) is 26.8 Å². The largest absolute Gasteiger partial charge is 0.481 e. The third-order valence-electron chi connectivity index (χ3n) is 17.2. The lowest BCUT2D eigenvalue weighted by Crippen LogP contribution is -2.68. The first kappa shape index (κ1) is 43.5. The zero-order valence-corrected chi connectivity index (χ0v) is 34.4. The number of aliphatic carboxylic acids is 3. The summed E-state index contributed by atoms with van der Waals surface area (Å²) in [6, 6.07) is 0. The first-order valence-corrected chi connectivity index (χ1v) is 20.7. The fourth-order valence-electron chi connectivity index (χ4n) is 13.4. The number of ether oxygens (including phenoxy) is 4. The highest BCUT2D eigenvalue weighted by molar-refractivity contribution is 5.95. The molecule has 5 aliphatic carbocycles. The van der Waals surface area contributed by atoms with Gasteiger partial charge in [0.2, 0.25) is 0 Å². The standard InChI is InChI=1S/C42H62O16/c1-37(2)21-8-11-42(7)31(20(43)16-18-19-17-39(4,36(53)54)13-12-38(19,3)14-15-41(18,42)6)40(21,5)10-9-22(37)55-35-30(26(47)25(46)29(57-35)33(51)52)58-34-27(48)23(44)24(45)28(56-34)32(49)50/h16,19,21-31,34-35,44-48H,8-15,17H2,1-7H3,(H,49,50)(H,51,52)(H,53,54)/t19-,21+,22-,23+,24+,25+,26+,27-,28+,29+,30-,31+,34+,35+,38-,39+,40+,41-,42-/m1/s1. The van der Waals surface area contributed by atoms with Gasteiger partial charge in [0.25, 0.3) is 0 Å². The number of carboxylic acid groups (broad SMARTS) is 3. The van der Waals surface area contributed by atoms with Gasteiger partial charge in [-0.15, -0.1) is 0 Å². The molecule has 16 nitrogen and oxygen atoms in total. The lowest BCUT2D eigenvalue weighted by Gasteiger charge is -2.70. The number of rotatable bonds is 7. The maximum absolute atomic E-state index is 14.8. The Balaban J connectivity index is 1.17. The van der Waals surface area contributed by atoms with Crippen LogP contribution in [-0.4, -0.2) is 132 Å². The molecule has 0 unspecified atom stereocenters. The van der Waals surface area contributed by atoms with Gasteiger partial charge < -0.3 is 59.8 Å². The zero-order valence-electron chi connectivity index (χ0n) is 34.4. The molecular formula is C42H62O16. The Morgan fingerprint density at radius 3 is 1.88 bits per heavy atom. The normalized spacial score (nSPS) is 52.6. The summed E-state index contributed by atoms with van der Waals surface area (Å²) in [4.78, 5) is 51.3. The first-order chi connectivity index (χ1) is 26.8. The second-order valence-electron chi connectivity index (χ2n) is 20.6. The van der Waals surface area contributed by atoms with Crippen LogP contribution in [-0.2, 0) is 38.1 Å². The van der Waals surface area contributed by atoms with Gasteiger partial charge in [0.15, 0.2) is 30.6 Å². The number of hydrogen-bond acceptors (Lipinski definition) is 13. The van der Waals surface area contributed by atoms with E-state index in [0.29, 0.717) is 25.7 Å². The van der Waals surface area contributed by atoms with E-state index in [-0.39, 0.29) is 34.4 Å². The molecule has 0 aromatic carbocycles. The van der Waals surface area contributed by atoms with Crippen LogP contribution < -0.4 is 0 Å². The smallest absolute Gasteiger partial charge is 0.335 e. The molecule has 7 aliphatic rings. The minimum absolute atomic E-state index is 0.0217. The topological polar surface area (TPSA) is 267 Å². The minimum Gasteiger partial charge on any atom is -0.481 e. The summed E-state index contributed by atoms with van der Waals surface area (Å²) < 4.78 is 23.4. The van der Waals surface area contributed by atoms with E-state index in [9.17, 15) is 60.0 Å². The van der Waals surface area contributed by atoms with Crippen molar-refractivity contribution >= 4 is 23.7 Å². The van der Waals surface area contributed by atoms with Crippen LogP contribution >= 0.6 is 0 Å². The molecule has 0 spiro atoms. The zero-order chi connectivity index (χ0) is 42.9. The predicted molar refractivity (Wildman–Crippen MR) is 199 cm³/mol. The molecule has 326 valence electrons. The van der Waals surface area contributed by atoms with Crippen molar-refractivity contribution in [2.45, 2.75) is 174 Å².